The first-order chi connectivity index (χ1) is 22.7. The molecule has 4 rings (SSSR count). The number of thiophene rings is 1. The highest BCUT2D eigenvalue weighted by Gasteiger charge is 2.40. The van der Waals surface area contributed by atoms with Crippen LogP contribution in [0, 0.1) is 22.0 Å². The number of aliphatic hydroxyl groups is 1. The van der Waals surface area contributed by atoms with Crippen molar-refractivity contribution in [3.63, 3.8) is 0 Å². The van der Waals surface area contributed by atoms with Crippen LogP contribution < -0.4 is 5.32 Å². The molecule has 2 heterocycles. The van der Waals surface area contributed by atoms with Crippen molar-refractivity contribution in [3.05, 3.63) is 87.3 Å². The van der Waals surface area contributed by atoms with Crippen LogP contribution in [0.1, 0.15) is 38.8 Å². The van der Waals surface area contributed by atoms with Gasteiger partial charge in [0.15, 0.2) is 0 Å². The lowest BCUT2D eigenvalue weighted by Crippen LogP contribution is -2.57. The molecule has 48 heavy (non-hydrogen) atoms. The average molecular weight is 702 g/mol. The van der Waals surface area contributed by atoms with Gasteiger partial charge in [-0.15, -0.1) is 0 Å². The van der Waals surface area contributed by atoms with Crippen LogP contribution in [-0.2, 0) is 27.8 Å². The molecule has 0 aliphatic carbocycles. The highest BCUT2D eigenvalue weighted by atomic mass is 32.2. The summed E-state index contributed by atoms with van der Waals surface area (Å²) in [5.74, 6) is -0.952. The van der Waals surface area contributed by atoms with Gasteiger partial charge in [-0.3, -0.25) is 14.9 Å². The number of phenolic OH excluding ortho intramolecular Hbond substituents is 1. The van der Waals surface area contributed by atoms with Gasteiger partial charge in [0.1, 0.15) is 11.8 Å². The fourth-order valence-electron chi connectivity index (χ4n) is 5.77. The molecule has 15 heteroatoms. The molecule has 3 amide bonds. The Morgan fingerprint density at radius 1 is 1.04 bits per heavy atom. The number of aliphatic hydroxyl groups excluding tert-OH is 1. The van der Waals surface area contributed by atoms with Gasteiger partial charge in [0.05, 0.1) is 22.0 Å². The lowest BCUT2D eigenvalue weighted by atomic mass is 9.97. The Balaban J connectivity index is 1.56. The lowest BCUT2D eigenvalue weighted by molar-refractivity contribution is -0.380. The number of nitrogens with one attached hydrogen (secondary N) is 1. The van der Waals surface area contributed by atoms with E-state index < -0.39 is 39.0 Å². The van der Waals surface area contributed by atoms with Crippen molar-refractivity contribution in [2.45, 2.75) is 63.7 Å². The molecule has 260 valence electrons. The lowest BCUT2D eigenvalue weighted by Gasteiger charge is -2.34. The first-order valence-corrected chi connectivity index (χ1v) is 18.1. The zero-order chi connectivity index (χ0) is 35.2. The SMILES string of the molecule is CC(C)CN(C[C@@H](O)[C@H](Cc1ccccc1)NC(=O)C(C(C)C)N1CCN(Cc2csc([N+](=O)[O-])c2)C1=O)S(=O)(=O)c1ccc(O)cc1. The minimum atomic E-state index is -4.07. The van der Waals surface area contributed by atoms with Crippen LogP contribution in [-0.4, -0.2) is 94.0 Å². The van der Waals surface area contributed by atoms with Crippen molar-refractivity contribution in [3.8, 4) is 5.75 Å². The summed E-state index contributed by atoms with van der Waals surface area (Å²) < 4.78 is 28.6. The number of urea groups is 1. The summed E-state index contributed by atoms with van der Waals surface area (Å²) in [6.45, 7) is 7.91. The van der Waals surface area contributed by atoms with Gasteiger partial charge in [0, 0.05) is 44.2 Å². The highest BCUT2D eigenvalue weighted by molar-refractivity contribution is 7.89. The smallest absolute Gasteiger partial charge is 0.324 e. The maximum absolute atomic E-state index is 14.0. The van der Waals surface area contributed by atoms with Crippen molar-refractivity contribution in [2.24, 2.45) is 11.8 Å². The van der Waals surface area contributed by atoms with Crippen molar-refractivity contribution >= 4 is 38.3 Å². The Labute approximate surface area is 285 Å². The zero-order valence-corrected chi connectivity index (χ0v) is 29.1. The number of rotatable bonds is 16. The van der Waals surface area contributed by atoms with Gasteiger partial charge in [-0.05, 0) is 53.6 Å². The summed E-state index contributed by atoms with van der Waals surface area (Å²) in [6.07, 6.45) is -1.13. The molecule has 13 nitrogen and oxygen atoms in total. The van der Waals surface area contributed by atoms with Gasteiger partial charge in [0.25, 0.3) is 0 Å². The van der Waals surface area contributed by atoms with Gasteiger partial charge in [-0.1, -0.05) is 69.4 Å². The maximum atomic E-state index is 14.0. The predicted octanol–water partition coefficient (Wildman–Crippen LogP) is 4.06. The van der Waals surface area contributed by atoms with Crippen LogP contribution in [0.25, 0.3) is 0 Å². The third kappa shape index (κ3) is 9.09. The summed E-state index contributed by atoms with van der Waals surface area (Å²) in [5, 5.41) is 37.0. The molecule has 0 spiro atoms. The molecule has 3 N–H and O–H groups in total. The number of aromatic hydroxyl groups is 1. The second kappa shape index (κ2) is 15.9. The monoisotopic (exact) mass is 701 g/mol. The maximum Gasteiger partial charge on any atom is 0.324 e. The van der Waals surface area contributed by atoms with E-state index in [2.05, 4.69) is 5.32 Å². The van der Waals surface area contributed by atoms with E-state index in [-0.39, 0.29) is 66.1 Å². The Kier molecular flexibility index (Phi) is 12.2. The van der Waals surface area contributed by atoms with Crippen molar-refractivity contribution < 1.29 is 33.1 Å². The van der Waals surface area contributed by atoms with Gasteiger partial charge >= 0.3 is 11.0 Å². The second-order valence-electron chi connectivity index (χ2n) is 12.7. The molecule has 0 saturated carbocycles. The number of amides is 3. The number of nitro groups is 1. The third-order valence-electron chi connectivity index (χ3n) is 8.08. The first kappa shape index (κ1) is 36.8. The van der Waals surface area contributed by atoms with E-state index in [1.807, 2.05) is 58.0 Å². The highest BCUT2D eigenvalue weighted by Crippen LogP contribution is 2.27. The molecule has 1 fully saturated rings. The molecule has 3 atom stereocenters. The van der Waals surface area contributed by atoms with Gasteiger partial charge in [-0.2, -0.15) is 4.31 Å². The van der Waals surface area contributed by atoms with Gasteiger partial charge in [-0.25, -0.2) is 13.2 Å². The Morgan fingerprint density at radius 2 is 1.71 bits per heavy atom. The third-order valence-corrected chi connectivity index (χ3v) is 10.9. The molecule has 0 bridgehead atoms. The number of phenols is 1. The van der Waals surface area contributed by atoms with E-state index in [0.29, 0.717) is 12.1 Å². The summed E-state index contributed by atoms with van der Waals surface area (Å²) in [6, 6.07) is 13.6. The molecule has 2 aromatic carbocycles. The van der Waals surface area contributed by atoms with Crippen LogP contribution in [0.3, 0.4) is 0 Å². The van der Waals surface area contributed by atoms with Crippen LogP contribution in [0.2, 0.25) is 0 Å². The largest absolute Gasteiger partial charge is 0.508 e. The van der Waals surface area contributed by atoms with Crippen molar-refractivity contribution in [1.29, 1.82) is 0 Å². The number of hydrogen-bond acceptors (Lipinski definition) is 9. The Hall–Kier alpha value is -4.05. The fourth-order valence-corrected chi connectivity index (χ4v) is 8.11. The molecule has 3 aromatic rings. The molecule has 1 aromatic heterocycles. The van der Waals surface area contributed by atoms with Gasteiger partial charge in [0.2, 0.25) is 15.9 Å². The molecule has 1 aliphatic rings. The molecule has 1 aliphatic heterocycles. The molecule has 0 radical (unpaired) electrons. The average Bonchev–Trinajstić information content (AvgIpc) is 3.64. The normalized spacial score (nSPS) is 15.7. The first-order valence-electron chi connectivity index (χ1n) is 15.8. The van der Waals surface area contributed by atoms with Crippen LogP contribution in [0.5, 0.6) is 5.75 Å². The quantitative estimate of drug-likeness (QED) is 0.148. The van der Waals surface area contributed by atoms with E-state index in [9.17, 15) is 38.3 Å². The van der Waals surface area contributed by atoms with E-state index in [1.54, 1.807) is 10.3 Å². The second-order valence-corrected chi connectivity index (χ2v) is 15.5. The summed E-state index contributed by atoms with van der Waals surface area (Å²) in [5.41, 5.74) is 1.44. The van der Waals surface area contributed by atoms with E-state index >= 15 is 0 Å². The summed E-state index contributed by atoms with van der Waals surface area (Å²) >= 11 is 0.987. The van der Waals surface area contributed by atoms with Crippen LogP contribution >= 0.6 is 11.3 Å². The summed E-state index contributed by atoms with van der Waals surface area (Å²) in [7, 11) is -4.07. The van der Waals surface area contributed by atoms with Gasteiger partial charge < -0.3 is 25.3 Å². The number of hydrogen-bond donors (Lipinski definition) is 3. The number of sulfonamides is 1. The zero-order valence-electron chi connectivity index (χ0n) is 27.4. The molecular weight excluding hydrogens is 659 g/mol. The van der Waals surface area contributed by atoms with Crippen LogP contribution in [0.15, 0.2) is 70.9 Å². The van der Waals surface area contributed by atoms with E-state index in [0.717, 1.165) is 16.9 Å². The minimum absolute atomic E-state index is 0.0150. The molecular formula is C33H43N5O8S2. The predicted molar refractivity (Wildman–Crippen MR) is 182 cm³/mol. The number of benzene rings is 2. The van der Waals surface area contributed by atoms with Crippen molar-refractivity contribution in [2.75, 3.05) is 26.2 Å². The van der Waals surface area contributed by atoms with E-state index in [1.165, 1.54) is 39.5 Å². The standard InChI is InChI=1S/C33H43N5O8S2/c1-22(2)18-36(48(45,46)27-12-10-26(39)11-13-27)20-29(40)28(16-24-8-6-5-7-9-24)34-32(41)31(23(3)4)37-15-14-35(33(37)42)19-25-17-30(38(43)44)47-21-25/h5-13,17,21-23,28-29,31,39-40H,14-16,18-20H2,1-4H3,(H,34,41)/t28-,29+,31?/m0/s1. The Bertz CT molecular complexity index is 1660. The number of nitrogens with zero attached hydrogens (tertiary/aromatic N) is 4. The number of carbonyl (C=O) groups excluding carboxylic acids is 2. The Morgan fingerprint density at radius 3 is 2.29 bits per heavy atom. The fraction of sp³-hybridized carbons (Fsp3) is 0.455. The van der Waals surface area contributed by atoms with Crippen LogP contribution in [0.4, 0.5) is 9.80 Å². The number of carbonyl (C=O) groups is 2. The topological polar surface area (TPSA) is 174 Å². The summed E-state index contributed by atoms with van der Waals surface area (Å²) in [4.78, 5) is 41.2. The molecule has 1 saturated heterocycles. The minimum Gasteiger partial charge on any atom is -0.508 e. The van der Waals surface area contributed by atoms with Crippen molar-refractivity contribution in [1.82, 2.24) is 19.4 Å². The van der Waals surface area contributed by atoms with E-state index in [4.69, 9.17) is 0 Å². The molecule has 1 unspecified atom stereocenters.